The Kier molecular flexibility index (Phi) is 5.41. The van der Waals surface area contributed by atoms with Crippen LogP contribution in [0.5, 0.6) is 0 Å². The van der Waals surface area contributed by atoms with Crippen LogP contribution in [-0.2, 0) is 4.79 Å². The summed E-state index contributed by atoms with van der Waals surface area (Å²) >= 11 is 1.75. The molecule has 2 rings (SSSR count). The van der Waals surface area contributed by atoms with Gasteiger partial charge in [-0.3, -0.25) is 4.79 Å². The molecule has 2 saturated heterocycles. The average Bonchev–Trinajstić information content (AvgIpc) is 2.68. The Balaban J connectivity index is 1.99. The highest BCUT2D eigenvalue weighted by atomic mass is 32.2. The standard InChI is InChI=1S/C15H26N2O3S/c1-10(9-21-3)16(2)15(20)17-12-4-5-13(17)7-11(6-12)8-14(18)19/h10-13H,4-9H2,1-3H3,(H,18,19). The van der Waals surface area contributed by atoms with Gasteiger partial charge in [-0.2, -0.15) is 11.8 Å². The van der Waals surface area contributed by atoms with Crippen molar-refractivity contribution in [1.82, 2.24) is 9.80 Å². The summed E-state index contributed by atoms with van der Waals surface area (Å²) in [6, 6.07) is 0.829. The first-order chi connectivity index (χ1) is 9.93. The van der Waals surface area contributed by atoms with Crippen molar-refractivity contribution in [2.75, 3.05) is 19.1 Å². The van der Waals surface area contributed by atoms with Crippen LogP contribution in [0.2, 0.25) is 0 Å². The number of nitrogens with zero attached hydrogens (tertiary/aromatic N) is 2. The smallest absolute Gasteiger partial charge is 0.320 e. The van der Waals surface area contributed by atoms with Gasteiger partial charge in [-0.1, -0.05) is 0 Å². The highest BCUT2D eigenvalue weighted by Crippen LogP contribution is 2.40. The van der Waals surface area contributed by atoms with E-state index in [1.54, 1.807) is 11.8 Å². The molecule has 0 aromatic heterocycles. The van der Waals surface area contributed by atoms with Crippen molar-refractivity contribution in [2.24, 2.45) is 5.92 Å². The number of carbonyl (C=O) groups is 2. The Morgan fingerprint density at radius 2 is 1.90 bits per heavy atom. The zero-order chi connectivity index (χ0) is 15.6. The number of piperidine rings is 1. The van der Waals surface area contributed by atoms with Crippen LogP contribution in [0.15, 0.2) is 0 Å². The predicted molar refractivity (Wildman–Crippen MR) is 84.6 cm³/mol. The van der Waals surface area contributed by atoms with Crippen LogP contribution in [0.3, 0.4) is 0 Å². The summed E-state index contributed by atoms with van der Waals surface area (Å²) in [6.07, 6.45) is 6.04. The summed E-state index contributed by atoms with van der Waals surface area (Å²) in [4.78, 5) is 27.5. The van der Waals surface area contributed by atoms with Gasteiger partial charge in [0.1, 0.15) is 0 Å². The Morgan fingerprint density at radius 3 is 2.38 bits per heavy atom. The minimum absolute atomic E-state index is 0.123. The molecule has 0 aromatic rings. The molecule has 0 radical (unpaired) electrons. The molecule has 2 bridgehead atoms. The quantitative estimate of drug-likeness (QED) is 0.847. The molecule has 3 unspecified atom stereocenters. The Bertz CT molecular complexity index is 390. The van der Waals surface area contributed by atoms with E-state index in [0.29, 0.717) is 0 Å². The summed E-state index contributed by atoms with van der Waals surface area (Å²) in [5, 5.41) is 8.96. The molecule has 6 heteroatoms. The van der Waals surface area contributed by atoms with Crippen molar-refractivity contribution in [1.29, 1.82) is 0 Å². The minimum atomic E-state index is -0.718. The van der Waals surface area contributed by atoms with Gasteiger partial charge in [0.15, 0.2) is 0 Å². The van der Waals surface area contributed by atoms with E-state index >= 15 is 0 Å². The van der Waals surface area contributed by atoms with Gasteiger partial charge in [0.05, 0.1) is 0 Å². The number of rotatable bonds is 5. The molecule has 1 N–H and O–H groups in total. The van der Waals surface area contributed by atoms with Crippen molar-refractivity contribution in [3.05, 3.63) is 0 Å². The molecule has 2 aliphatic rings. The summed E-state index contributed by atoms with van der Waals surface area (Å²) in [5.41, 5.74) is 0. The Labute approximate surface area is 131 Å². The maximum absolute atomic E-state index is 12.7. The average molecular weight is 314 g/mol. The number of carboxylic acid groups (broad SMARTS) is 1. The van der Waals surface area contributed by atoms with Crippen LogP contribution in [0, 0.1) is 5.92 Å². The van der Waals surface area contributed by atoms with Gasteiger partial charge in [0.2, 0.25) is 0 Å². The molecule has 3 atom stereocenters. The first-order valence-corrected chi connectivity index (χ1v) is 9.09. The molecule has 5 nitrogen and oxygen atoms in total. The first kappa shape index (κ1) is 16.5. The molecule has 21 heavy (non-hydrogen) atoms. The molecular weight excluding hydrogens is 288 g/mol. The monoisotopic (exact) mass is 314 g/mol. The number of thioether (sulfide) groups is 1. The first-order valence-electron chi connectivity index (χ1n) is 7.69. The lowest BCUT2D eigenvalue weighted by Gasteiger charge is -2.41. The van der Waals surface area contributed by atoms with Crippen molar-refractivity contribution in [3.8, 4) is 0 Å². The summed E-state index contributed by atoms with van der Waals surface area (Å²) in [6.45, 7) is 2.08. The van der Waals surface area contributed by atoms with E-state index in [-0.39, 0.29) is 36.5 Å². The van der Waals surface area contributed by atoms with Gasteiger partial charge in [-0.05, 0) is 44.8 Å². The topological polar surface area (TPSA) is 60.9 Å². The summed E-state index contributed by atoms with van der Waals surface area (Å²) < 4.78 is 0. The van der Waals surface area contributed by atoms with Crippen LogP contribution in [0.25, 0.3) is 0 Å². The van der Waals surface area contributed by atoms with Crippen molar-refractivity contribution < 1.29 is 14.7 Å². The maximum Gasteiger partial charge on any atom is 0.320 e. The van der Waals surface area contributed by atoms with Gasteiger partial charge in [0.25, 0.3) is 0 Å². The van der Waals surface area contributed by atoms with Crippen molar-refractivity contribution in [2.45, 2.75) is 57.2 Å². The van der Waals surface area contributed by atoms with E-state index in [1.807, 2.05) is 16.8 Å². The van der Waals surface area contributed by atoms with E-state index in [0.717, 1.165) is 31.4 Å². The summed E-state index contributed by atoms with van der Waals surface area (Å²) in [7, 11) is 1.88. The third-order valence-corrected chi connectivity index (χ3v) is 5.70. The highest BCUT2D eigenvalue weighted by molar-refractivity contribution is 7.98. The number of fused-ring (bicyclic) bond motifs is 2. The molecule has 120 valence electrons. The number of carboxylic acids is 1. The number of aliphatic carboxylic acids is 1. The Hall–Kier alpha value is -0.910. The SMILES string of the molecule is CSCC(C)N(C)C(=O)N1C2CCC1CC(CC(=O)O)C2. The second-order valence-corrected chi connectivity index (χ2v) is 7.34. The van der Waals surface area contributed by atoms with E-state index in [9.17, 15) is 9.59 Å². The molecular formula is C15H26N2O3S. The number of hydrogen-bond donors (Lipinski definition) is 1. The molecule has 2 fully saturated rings. The highest BCUT2D eigenvalue weighted by Gasteiger charge is 2.44. The fraction of sp³-hybridized carbons (Fsp3) is 0.867. The molecule has 0 aliphatic carbocycles. The molecule has 0 spiro atoms. The van der Waals surface area contributed by atoms with Crippen LogP contribution < -0.4 is 0 Å². The maximum atomic E-state index is 12.7. The van der Waals surface area contributed by atoms with Crippen molar-refractivity contribution >= 4 is 23.8 Å². The van der Waals surface area contributed by atoms with E-state index < -0.39 is 5.97 Å². The van der Waals surface area contributed by atoms with Crippen molar-refractivity contribution in [3.63, 3.8) is 0 Å². The van der Waals surface area contributed by atoms with Gasteiger partial charge in [-0.15, -0.1) is 0 Å². The van der Waals surface area contributed by atoms with Gasteiger partial charge < -0.3 is 14.9 Å². The fourth-order valence-corrected chi connectivity index (χ4v) is 4.45. The molecule has 2 aliphatic heterocycles. The second kappa shape index (κ2) is 6.90. The molecule has 0 saturated carbocycles. The normalized spacial score (nSPS) is 29.3. The fourth-order valence-electron chi connectivity index (χ4n) is 3.74. The van der Waals surface area contributed by atoms with E-state index in [1.165, 1.54) is 0 Å². The third kappa shape index (κ3) is 3.65. The number of carbonyl (C=O) groups excluding carboxylic acids is 1. The zero-order valence-electron chi connectivity index (χ0n) is 13.1. The molecule has 2 amide bonds. The van der Waals surface area contributed by atoms with Crippen LogP contribution >= 0.6 is 11.8 Å². The predicted octanol–water partition coefficient (Wildman–Crippen LogP) is 2.51. The van der Waals surface area contributed by atoms with Gasteiger partial charge in [-0.25, -0.2) is 4.79 Å². The van der Waals surface area contributed by atoms with E-state index in [4.69, 9.17) is 5.11 Å². The zero-order valence-corrected chi connectivity index (χ0v) is 13.9. The lowest BCUT2D eigenvalue weighted by Crippen LogP contribution is -2.53. The van der Waals surface area contributed by atoms with Crippen LogP contribution in [0.1, 0.15) is 39.0 Å². The third-order valence-electron chi connectivity index (χ3n) is 4.89. The molecule has 2 heterocycles. The lowest BCUT2D eigenvalue weighted by atomic mass is 9.88. The van der Waals surface area contributed by atoms with Crippen LogP contribution in [0.4, 0.5) is 4.79 Å². The van der Waals surface area contributed by atoms with Gasteiger partial charge in [0, 0.05) is 37.3 Å². The number of urea groups is 1. The number of hydrogen-bond acceptors (Lipinski definition) is 3. The minimum Gasteiger partial charge on any atom is -0.481 e. The number of amides is 2. The molecule has 0 aromatic carbocycles. The van der Waals surface area contributed by atoms with E-state index in [2.05, 4.69) is 13.2 Å². The summed E-state index contributed by atoms with van der Waals surface area (Å²) in [5.74, 6) is 0.454. The Morgan fingerprint density at radius 1 is 1.33 bits per heavy atom. The van der Waals surface area contributed by atoms with Crippen LogP contribution in [-0.4, -0.2) is 64.1 Å². The lowest BCUT2D eigenvalue weighted by molar-refractivity contribution is -0.138. The second-order valence-electron chi connectivity index (χ2n) is 6.43. The van der Waals surface area contributed by atoms with Gasteiger partial charge >= 0.3 is 12.0 Å². The largest absolute Gasteiger partial charge is 0.481 e.